The first-order valence-electron chi connectivity index (χ1n) is 25.2. The molecule has 8 fully saturated rings. The topological polar surface area (TPSA) is 268 Å². The molecule has 7 N–H and O–H groups in total. The first-order valence-corrected chi connectivity index (χ1v) is 25.2. The Morgan fingerprint density at radius 2 is 1.34 bits per heavy atom. The molecule has 5 aliphatic heterocycles. The average molecular weight is 969 g/mol. The summed E-state index contributed by atoms with van der Waals surface area (Å²) in [5.74, 6) is 0.357. The highest BCUT2D eigenvalue weighted by Crippen LogP contribution is 2.70. The van der Waals surface area contributed by atoms with Gasteiger partial charge in [-0.3, -0.25) is 4.79 Å². The van der Waals surface area contributed by atoms with Gasteiger partial charge in [-0.2, -0.15) is 0 Å². The lowest BCUT2D eigenvalue weighted by molar-refractivity contribution is -0.355. The Kier molecular flexibility index (Phi) is 14.9. The lowest BCUT2D eigenvalue weighted by atomic mass is 9.43. The largest absolute Gasteiger partial charge is 0.459 e. The monoisotopic (exact) mass is 968 g/mol. The standard InChI is InChI=1S/C49H76O19/c1-22-43(66-38-18-33(53)44(23(2)61-38)67-39-19-34(63-25(4)51)45(24(3)62-39)68-46-42(57)41(56)40(55)35(20-50)65-46)32(52)17-37(60-22)64-28-9-12-47(5)27(16-28)7-8-31-30(47)10-13-48(6)29(11-14-49(31,48)58)26-15-36(54)59-21-26/h15,22-24,27-35,37-46,50,52-53,55-58H,7-14,16-21H2,1-6H3/t22-,23-,24-,27+,28-,29+,30+,31-,32-,33-,34-,35+,37+,38+,39+,40+,41-,42+,43-,44-,45-,46-,47+,48-,49-/m1/s1. The zero-order chi connectivity index (χ0) is 48.6. The Balaban J connectivity index is 0.746. The molecule has 386 valence electrons. The van der Waals surface area contributed by atoms with E-state index in [-0.39, 0.29) is 54.0 Å². The number of hydrogen-bond acceptors (Lipinski definition) is 19. The zero-order valence-corrected chi connectivity index (χ0v) is 40.2. The highest BCUT2D eigenvalue weighted by molar-refractivity contribution is 5.85. The van der Waals surface area contributed by atoms with Crippen LogP contribution in [0.1, 0.15) is 119 Å². The van der Waals surface area contributed by atoms with E-state index in [1.165, 1.54) is 6.92 Å². The maximum atomic E-state index is 12.6. The smallest absolute Gasteiger partial charge is 0.331 e. The van der Waals surface area contributed by atoms with E-state index < -0.39 is 123 Å². The number of esters is 2. The summed E-state index contributed by atoms with van der Waals surface area (Å²) in [6.07, 6.45) is -7.65. The van der Waals surface area contributed by atoms with Gasteiger partial charge in [-0.05, 0) is 113 Å². The number of hydrogen-bond donors (Lipinski definition) is 7. The summed E-state index contributed by atoms with van der Waals surface area (Å²) < 4.78 is 60.2. The van der Waals surface area contributed by atoms with Crippen LogP contribution in [0.15, 0.2) is 11.6 Å². The summed E-state index contributed by atoms with van der Waals surface area (Å²) in [6.45, 7) is 10.8. The molecule has 0 amide bonds. The van der Waals surface area contributed by atoms with Gasteiger partial charge in [-0.25, -0.2) is 4.79 Å². The number of aliphatic hydroxyl groups excluding tert-OH is 6. The molecule has 0 spiro atoms. The van der Waals surface area contributed by atoms with Crippen LogP contribution in [-0.2, 0) is 57.0 Å². The van der Waals surface area contributed by atoms with Crippen LogP contribution in [0, 0.1) is 34.5 Å². The van der Waals surface area contributed by atoms with Crippen molar-refractivity contribution in [1.29, 1.82) is 0 Å². The highest BCUT2D eigenvalue weighted by Gasteiger charge is 2.68. The van der Waals surface area contributed by atoms with Crippen LogP contribution in [0.3, 0.4) is 0 Å². The maximum Gasteiger partial charge on any atom is 0.331 e. The fourth-order valence-electron chi connectivity index (χ4n) is 14.6. The number of ether oxygens (including phenoxy) is 10. The number of fused-ring (bicyclic) bond motifs is 5. The van der Waals surface area contributed by atoms with E-state index in [1.54, 1.807) is 19.9 Å². The van der Waals surface area contributed by atoms with Crippen molar-refractivity contribution >= 4 is 11.9 Å². The van der Waals surface area contributed by atoms with Gasteiger partial charge >= 0.3 is 11.9 Å². The van der Waals surface area contributed by atoms with Gasteiger partial charge < -0.3 is 83.1 Å². The predicted octanol–water partition coefficient (Wildman–Crippen LogP) is 1.64. The molecule has 0 aromatic heterocycles. The Labute approximate surface area is 398 Å². The summed E-state index contributed by atoms with van der Waals surface area (Å²) in [5, 5.41) is 76.1. The van der Waals surface area contributed by atoms with Crippen LogP contribution in [0.5, 0.6) is 0 Å². The Bertz CT molecular complexity index is 1810. The van der Waals surface area contributed by atoms with E-state index in [2.05, 4.69) is 13.8 Å². The first kappa shape index (κ1) is 51.0. The second-order valence-corrected chi connectivity index (χ2v) is 22.1. The molecule has 19 heteroatoms. The third-order valence-electron chi connectivity index (χ3n) is 18.3. The Morgan fingerprint density at radius 3 is 1.94 bits per heavy atom. The minimum atomic E-state index is -1.68. The third kappa shape index (κ3) is 9.36. The second kappa shape index (κ2) is 19.8. The maximum absolute atomic E-state index is 12.6. The molecule has 0 radical (unpaired) electrons. The summed E-state index contributed by atoms with van der Waals surface area (Å²) in [5.41, 5.74) is 0.0925. The van der Waals surface area contributed by atoms with Crippen molar-refractivity contribution in [2.45, 2.75) is 235 Å². The average Bonchev–Trinajstić information content (AvgIpc) is 3.83. The van der Waals surface area contributed by atoms with Gasteiger partial charge in [0.15, 0.2) is 25.2 Å². The van der Waals surface area contributed by atoms with Crippen LogP contribution in [-0.4, -0.2) is 177 Å². The number of rotatable bonds is 11. The predicted molar refractivity (Wildman–Crippen MR) is 233 cm³/mol. The van der Waals surface area contributed by atoms with Crippen molar-refractivity contribution in [2.24, 2.45) is 34.5 Å². The molecule has 0 aromatic rings. The fourth-order valence-corrected chi connectivity index (χ4v) is 14.6. The Morgan fingerprint density at radius 1 is 0.706 bits per heavy atom. The third-order valence-corrected chi connectivity index (χ3v) is 18.3. The highest BCUT2D eigenvalue weighted by atomic mass is 16.8. The molecule has 25 atom stereocenters. The van der Waals surface area contributed by atoms with Crippen molar-refractivity contribution in [2.75, 3.05) is 13.2 Å². The van der Waals surface area contributed by atoms with Gasteiger partial charge in [0, 0.05) is 37.7 Å². The minimum absolute atomic E-state index is 0.0126. The molecule has 4 aliphatic carbocycles. The van der Waals surface area contributed by atoms with Crippen LogP contribution in [0.2, 0.25) is 0 Å². The summed E-state index contributed by atoms with van der Waals surface area (Å²) in [7, 11) is 0. The molecule has 9 rings (SSSR count). The molecule has 0 aromatic carbocycles. The van der Waals surface area contributed by atoms with Gasteiger partial charge in [0.05, 0.1) is 48.8 Å². The number of carbonyl (C=O) groups excluding carboxylic acids is 2. The van der Waals surface area contributed by atoms with E-state index in [4.69, 9.17) is 47.4 Å². The van der Waals surface area contributed by atoms with Crippen LogP contribution < -0.4 is 0 Å². The van der Waals surface area contributed by atoms with Gasteiger partial charge in [-0.15, -0.1) is 0 Å². The van der Waals surface area contributed by atoms with Crippen molar-refractivity contribution < 1.29 is 92.7 Å². The fraction of sp³-hybridized carbons (Fsp3) is 0.918. The van der Waals surface area contributed by atoms with E-state index in [0.717, 1.165) is 63.4 Å². The van der Waals surface area contributed by atoms with Crippen molar-refractivity contribution in [1.82, 2.24) is 0 Å². The SMILES string of the molecule is CC(=O)O[C@@H]1C[C@H](O[C@H]2[C@H](O)C[C@H](O[C@H]3[C@H](O)C[C@H](O[C@@H]4CC[C@@]5(C)[C@@H](CC[C@@H]6[C@@H]5CC[C@]5(C)[C@H](C7=CC(=O)OC7)CC[C@@]65O)C4)O[C@@H]3C)O[C@@H]2C)O[C@H](C)[C@H]1O[C@H]1O[C@@H](CO)[C@H](O)[C@@H](O)[C@@H]1O. The number of carbonyl (C=O) groups is 2. The Hall–Kier alpha value is -1.92. The van der Waals surface area contributed by atoms with Gasteiger partial charge in [-0.1, -0.05) is 13.8 Å². The van der Waals surface area contributed by atoms with E-state index in [0.29, 0.717) is 18.4 Å². The normalized spacial score (nSPS) is 52.8. The first-order chi connectivity index (χ1) is 32.2. The zero-order valence-electron chi connectivity index (χ0n) is 40.2. The second-order valence-electron chi connectivity index (χ2n) is 22.1. The van der Waals surface area contributed by atoms with Crippen LogP contribution in [0.25, 0.3) is 0 Å². The lowest BCUT2D eigenvalue weighted by Crippen LogP contribution is -2.62. The molecule has 68 heavy (non-hydrogen) atoms. The van der Waals surface area contributed by atoms with Gasteiger partial charge in [0.2, 0.25) is 0 Å². The lowest BCUT2D eigenvalue weighted by Gasteiger charge is -2.64. The summed E-state index contributed by atoms with van der Waals surface area (Å²) >= 11 is 0. The molecular weight excluding hydrogens is 893 g/mol. The molecule has 9 aliphatic rings. The number of cyclic esters (lactones) is 1. The molecule has 5 heterocycles. The summed E-state index contributed by atoms with van der Waals surface area (Å²) in [4.78, 5) is 24.2. The van der Waals surface area contributed by atoms with Gasteiger partial charge in [0.25, 0.3) is 0 Å². The molecule has 4 saturated carbocycles. The molecule has 4 saturated heterocycles. The number of aliphatic hydroxyl groups is 7. The van der Waals surface area contributed by atoms with E-state index >= 15 is 0 Å². The minimum Gasteiger partial charge on any atom is -0.459 e. The van der Waals surface area contributed by atoms with Crippen molar-refractivity contribution in [3.05, 3.63) is 11.6 Å². The summed E-state index contributed by atoms with van der Waals surface area (Å²) in [6, 6.07) is 0. The van der Waals surface area contributed by atoms with Crippen molar-refractivity contribution in [3.63, 3.8) is 0 Å². The van der Waals surface area contributed by atoms with Crippen LogP contribution in [0.4, 0.5) is 0 Å². The van der Waals surface area contributed by atoms with Crippen molar-refractivity contribution in [3.8, 4) is 0 Å². The van der Waals surface area contributed by atoms with Gasteiger partial charge in [0.1, 0.15) is 55.4 Å². The quantitative estimate of drug-likeness (QED) is 0.115. The van der Waals surface area contributed by atoms with E-state index in [1.807, 2.05) is 6.92 Å². The van der Waals surface area contributed by atoms with Crippen LogP contribution >= 0.6 is 0 Å². The molecule has 0 unspecified atom stereocenters. The molecular formula is C49H76O19. The van der Waals surface area contributed by atoms with E-state index in [9.17, 15) is 45.3 Å². The molecule has 0 bridgehead atoms. The molecule has 19 nitrogen and oxygen atoms in total.